The van der Waals surface area contributed by atoms with E-state index in [4.69, 9.17) is 16.3 Å². The van der Waals surface area contributed by atoms with Crippen molar-refractivity contribution in [3.8, 4) is 5.75 Å². The number of piperidine rings is 1. The molecule has 1 atom stereocenters. The average molecular weight is 385 g/mol. The lowest BCUT2D eigenvalue weighted by Crippen LogP contribution is -2.48. The summed E-state index contributed by atoms with van der Waals surface area (Å²) >= 11 is 6.07. The lowest BCUT2D eigenvalue weighted by atomic mass is 9.94. The Morgan fingerprint density at radius 2 is 2.00 bits per heavy atom. The van der Waals surface area contributed by atoms with Crippen molar-refractivity contribution in [3.63, 3.8) is 0 Å². The van der Waals surface area contributed by atoms with Crippen molar-refractivity contribution in [1.29, 1.82) is 0 Å². The molecule has 4 nitrogen and oxygen atoms in total. The highest BCUT2D eigenvalue weighted by molar-refractivity contribution is 6.30. The molecule has 1 amide bonds. The number of amides is 1. The normalized spacial score (nSPS) is 23.4. The standard InChI is InChI=1S/C19H25ClN2O2.ClH/c20-16-3-4-18-14(10-16)9-15(12-24-18)19(23)22-7-5-17(6-8-22)21-11-13-1-2-13;/h3-4,10,13,15,17,21H,1-2,5-9,11-12H2;1H. The number of likely N-dealkylation sites (tertiary alicyclic amines) is 1. The number of fused-ring (bicyclic) bond motifs is 1. The summed E-state index contributed by atoms with van der Waals surface area (Å²) in [6.45, 7) is 3.36. The zero-order valence-corrected chi connectivity index (χ0v) is 16.0. The maximum absolute atomic E-state index is 12.8. The molecule has 0 radical (unpaired) electrons. The van der Waals surface area contributed by atoms with Crippen molar-refractivity contribution in [1.82, 2.24) is 10.2 Å². The molecule has 6 heteroatoms. The first-order valence-corrected chi connectivity index (χ1v) is 9.50. The topological polar surface area (TPSA) is 41.6 Å². The molecule has 1 aromatic carbocycles. The molecule has 25 heavy (non-hydrogen) atoms. The number of benzene rings is 1. The van der Waals surface area contributed by atoms with Crippen LogP contribution in [0, 0.1) is 11.8 Å². The summed E-state index contributed by atoms with van der Waals surface area (Å²) in [5, 5.41) is 4.37. The van der Waals surface area contributed by atoms with Crippen molar-refractivity contribution >= 4 is 29.9 Å². The Kier molecular flexibility index (Phi) is 6.13. The van der Waals surface area contributed by atoms with Crippen LogP contribution in [0.3, 0.4) is 0 Å². The predicted octanol–water partition coefficient (Wildman–Crippen LogP) is 3.30. The summed E-state index contributed by atoms with van der Waals surface area (Å²) in [5.74, 6) is 1.94. The van der Waals surface area contributed by atoms with Gasteiger partial charge in [0.05, 0.1) is 5.92 Å². The number of carbonyl (C=O) groups is 1. The van der Waals surface area contributed by atoms with E-state index in [1.54, 1.807) is 0 Å². The van der Waals surface area contributed by atoms with Crippen LogP contribution < -0.4 is 10.1 Å². The van der Waals surface area contributed by atoms with E-state index < -0.39 is 0 Å². The zero-order chi connectivity index (χ0) is 16.5. The molecule has 1 aliphatic carbocycles. The smallest absolute Gasteiger partial charge is 0.229 e. The molecule has 1 saturated heterocycles. The maximum atomic E-state index is 12.8. The number of ether oxygens (including phenoxy) is 1. The largest absolute Gasteiger partial charge is 0.492 e. The van der Waals surface area contributed by atoms with Gasteiger partial charge in [-0.2, -0.15) is 0 Å². The van der Waals surface area contributed by atoms with Gasteiger partial charge in [-0.05, 0) is 68.3 Å². The molecular formula is C19H26Cl2N2O2. The molecule has 0 aromatic heterocycles. The minimum Gasteiger partial charge on any atom is -0.492 e. The minimum atomic E-state index is -0.0769. The lowest BCUT2D eigenvalue weighted by molar-refractivity contribution is -0.138. The van der Waals surface area contributed by atoms with Crippen LogP contribution in [0.15, 0.2) is 18.2 Å². The van der Waals surface area contributed by atoms with E-state index in [9.17, 15) is 4.79 Å². The SMILES string of the molecule is Cl.O=C(C1COc2ccc(Cl)cc2C1)N1CCC(NCC2CC2)CC1. The molecule has 0 spiro atoms. The van der Waals surface area contributed by atoms with Crippen LogP contribution in [-0.4, -0.2) is 43.1 Å². The molecule has 1 saturated carbocycles. The molecule has 4 rings (SSSR count). The van der Waals surface area contributed by atoms with Crippen molar-refractivity contribution in [2.24, 2.45) is 11.8 Å². The highest BCUT2D eigenvalue weighted by Crippen LogP contribution is 2.31. The van der Waals surface area contributed by atoms with Gasteiger partial charge in [0.1, 0.15) is 12.4 Å². The zero-order valence-electron chi connectivity index (χ0n) is 14.4. The van der Waals surface area contributed by atoms with Gasteiger partial charge in [0, 0.05) is 24.2 Å². The monoisotopic (exact) mass is 384 g/mol. The number of hydrogen-bond acceptors (Lipinski definition) is 3. The first-order chi connectivity index (χ1) is 11.7. The molecule has 2 aliphatic heterocycles. The molecular weight excluding hydrogens is 359 g/mol. The van der Waals surface area contributed by atoms with Crippen molar-refractivity contribution in [2.75, 3.05) is 26.2 Å². The fraction of sp³-hybridized carbons (Fsp3) is 0.632. The second kappa shape index (κ2) is 8.15. The van der Waals surface area contributed by atoms with Crippen molar-refractivity contribution < 1.29 is 9.53 Å². The summed E-state index contributed by atoms with van der Waals surface area (Å²) in [6.07, 6.45) is 5.63. The van der Waals surface area contributed by atoms with E-state index in [-0.39, 0.29) is 24.2 Å². The Bertz CT molecular complexity index is 613. The summed E-state index contributed by atoms with van der Waals surface area (Å²) in [4.78, 5) is 14.8. The molecule has 2 heterocycles. The molecule has 1 unspecified atom stereocenters. The van der Waals surface area contributed by atoms with Gasteiger partial charge >= 0.3 is 0 Å². The molecule has 138 valence electrons. The van der Waals surface area contributed by atoms with Crippen LogP contribution in [0.25, 0.3) is 0 Å². The van der Waals surface area contributed by atoms with E-state index >= 15 is 0 Å². The Morgan fingerprint density at radius 1 is 1.24 bits per heavy atom. The minimum absolute atomic E-state index is 0. The second-order valence-electron chi connectivity index (χ2n) is 7.42. The van der Waals surface area contributed by atoms with E-state index in [0.717, 1.165) is 56.1 Å². The van der Waals surface area contributed by atoms with Crippen molar-refractivity contribution in [3.05, 3.63) is 28.8 Å². The quantitative estimate of drug-likeness (QED) is 0.865. The number of hydrogen-bond donors (Lipinski definition) is 1. The lowest BCUT2D eigenvalue weighted by Gasteiger charge is -2.35. The van der Waals surface area contributed by atoms with Gasteiger partial charge in [-0.3, -0.25) is 4.79 Å². The maximum Gasteiger partial charge on any atom is 0.229 e. The number of nitrogens with one attached hydrogen (secondary N) is 1. The Balaban J connectivity index is 0.00000182. The fourth-order valence-corrected chi connectivity index (χ4v) is 3.93. The summed E-state index contributed by atoms with van der Waals surface area (Å²) in [7, 11) is 0. The average Bonchev–Trinajstić information content (AvgIpc) is 3.43. The number of carbonyl (C=O) groups excluding carboxylic acids is 1. The second-order valence-corrected chi connectivity index (χ2v) is 7.85. The van der Waals surface area contributed by atoms with E-state index in [1.165, 1.54) is 12.8 Å². The fourth-order valence-electron chi connectivity index (χ4n) is 3.74. The highest BCUT2D eigenvalue weighted by atomic mass is 35.5. The van der Waals surface area contributed by atoms with E-state index in [1.807, 2.05) is 23.1 Å². The summed E-state index contributed by atoms with van der Waals surface area (Å²) in [5.41, 5.74) is 1.05. The summed E-state index contributed by atoms with van der Waals surface area (Å²) < 4.78 is 5.78. The van der Waals surface area contributed by atoms with Crippen LogP contribution in [0.2, 0.25) is 5.02 Å². The molecule has 3 aliphatic rings. The predicted molar refractivity (Wildman–Crippen MR) is 102 cm³/mol. The van der Waals surface area contributed by atoms with Crippen LogP contribution in [0.1, 0.15) is 31.2 Å². The number of rotatable bonds is 4. The van der Waals surface area contributed by atoms with Crippen LogP contribution >= 0.6 is 24.0 Å². The van der Waals surface area contributed by atoms with Gasteiger partial charge in [0.2, 0.25) is 5.91 Å². The van der Waals surface area contributed by atoms with Gasteiger partial charge in [-0.25, -0.2) is 0 Å². The third-order valence-electron chi connectivity index (χ3n) is 5.48. The first kappa shape index (κ1) is 18.8. The van der Waals surface area contributed by atoms with Gasteiger partial charge < -0.3 is 15.0 Å². The highest BCUT2D eigenvalue weighted by Gasteiger charge is 2.32. The van der Waals surface area contributed by atoms with E-state index in [0.29, 0.717) is 17.7 Å². The number of halogens is 2. The number of nitrogens with zero attached hydrogens (tertiary/aromatic N) is 1. The van der Waals surface area contributed by atoms with Crippen molar-refractivity contribution in [2.45, 2.75) is 38.1 Å². The Hall–Kier alpha value is -0.970. The molecule has 2 fully saturated rings. The van der Waals surface area contributed by atoms with Gasteiger partial charge in [-0.1, -0.05) is 11.6 Å². The van der Waals surface area contributed by atoms with Crippen LogP contribution in [0.4, 0.5) is 0 Å². The third kappa shape index (κ3) is 4.60. The summed E-state index contributed by atoms with van der Waals surface area (Å²) in [6, 6.07) is 6.23. The van der Waals surface area contributed by atoms with Gasteiger partial charge in [0.25, 0.3) is 0 Å². The Morgan fingerprint density at radius 3 is 2.72 bits per heavy atom. The first-order valence-electron chi connectivity index (χ1n) is 9.12. The molecule has 0 bridgehead atoms. The van der Waals surface area contributed by atoms with Gasteiger partial charge in [0.15, 0.2) is 0 Å². The van der Waals surface area contributed by atoms with Crippen LogP contribution in [0.5, 0.6) is 5.75 Å². The Labute approximate surface area is 160 Å². The van der Waals surface area contributed by atoms with Crippen LogP contribution in [-0.2, 0) is 11.2 Å². The third-order valence-corrected chi connectivity index (χ3v) is 5.71. The van der Waals surface area contributed by atoms with Gasteiger partial charge in [-0.15, -0.1) is 12.4 Å². The molecule has 1 aromatic rings. The van der Waals surface area contributed by atoms with E-state index in [2.05, 4.69) is 5.32 Å². The molecule has 1 N–H and O–H groups in total.